The van der Waals surface area contributed by atoms with Gasteiger partial charge in [0.15, 0.2) is 0 Å². The van der Waals surface area contributed by atoms with Crippen molar-refractivity contribution in [3.63, 3.8) is 0 Å². The van der Waals surface area contributed by atoms with E-state index in [1.165, 1.54) is 12.8 Å². The van der Waals surface area contributed by atoms with Crippen molar-refractivity contribution in [3.05, 3.63) is 0 Å². The molecular weight excluding hydrogens is 162 g/mol. The molecule has 13 heavy (non-hydrogen) atoms. The summed E-state index contributed by atoms with van der Waals surface area (Å²) in [5, 5.41) is 3.52. The van der Waals surface area contributed by atoms with Crippen molar-refractivity contribution >= 4 is 0 Å². The van der Waals surface area contributed by atoms with E-state index in [1.807, 2.05) is 0 Å². The van der Waals surface area contributed by atoms with E-state index in [0.717, 1.165) is 25.5 Å². The van der Waals surface area contributed by atoms with Gasteiger partial charge in [0.2, 0.25) is 0 Å². The number of hydrogen-bond acceptors (Lipinski definition) is 2. The smallest absolute Gasteiger partial charge is 0.0714 e. The van der Waals surface area contributed by atoms with Crippen molar-refractivity contribution in [3.8, 4) is 0 Å². The van der Waals surface area contributed by atoms with Gasteiger partial charge in [-0.25, -0.2) is 0 Å². The van der Waals surface area contributed by atoms with E-state index in [-0.39, 0.29) is 0 Å². The van der Waals surface area contributed by atoms with Crippen LogP contribution in [0.5, 0.6) is 0 Å². The van der Waals surface area contributed by atoms with Crippen LogP contribution in [0, 0.1) is 5.92 Å². The molecule has 0 aromatic carbocycles. The van der Waals surface area contributed by atoms with Crippen molar-refractivity contribution in [1.29, 1.82) is 0 Å². The second-order valence-corrected chi connectivity index (χ2v) is 4.46. The Morgan fingerprint density at radius 1 is 1.46 bits per heavy atom. The summed E-state index contributed by atoms with van der Waals surface area (Å²) < 4.78 is 5.70. The number of ether oxygens (including phenoxy) is 1. The molecule has 0 aromatic rings. The lowest BCUT2D eigenvalue weighted by Crippen LogP contribution is -2.23. The Labute approximate surface area is 82.0 Å². The van der Waals surface area contributed by atoms with Gasteiger partial charge < -0.3 is 10.1 Å². The van der Waals surface area contributed by atoms with Gasteiger partial charge in [-0.05, 0) is 25.2 Å². The molecule has 2 heteroatoms. The summed E-state index contributed by atoms with van der Waals surface area (Å²) in [5.74, 6) is 0.794. The van der Waals surface area contributed by atoms with Crippen LogP contribution in [0.4, 0.5) is 0 Å². The van der Waals surface area contributed by atoms with E-state index >= 15 is 0 Å². The summed E-state index contributed by atoms with van der Waals surface area (Å²) in [7, 11) is 0. The van der Waals surface area contributed by atoms with Gasteiger partial charge in [-0.15, -0.1) is 0 Å². The van der Waals surface area contributed by atoms with Crippen LogP contribution in [0.2, 0.25) is 0 Å². The molecule has 0 bridgehead atoms. The molecule has 1 heterocycles. The lowest BCUT2D eigenvalue weighted by Gasteiger charge is -2.13. The number of hydrogen-bond donors (Lipinski definition) is 1. The molecule has 0 aromatic heterocycles. The van der Waals surface area contributed by atoms with Crippen LogP contribution in [0.1, 0.15) is 40.0 Å². The van der Waals surface area contributed by atoms with E-state index in [0.29, 0.717) is 12.1 Å². The zero-order valence-electron chi connectivity index (χ0n) is 9.18. The topological polar surface area (TPSA) is 21.3 Å². The molecule has 1 rings (SSSR count). The van der Waals surface area contributed by atoms with Crippen molar-refractivity contribution in [2.24, 2.45) is 5.92 Å². The van der Waals surface area contributed by atoms with Crippen molar-refractivity contribution in [1.82, 2.24) is 5.32 Å². The first-order chi connectivity index (χ1) is 6.22. The molecule has 0 spiro atoms. The van der Waals surface area contributed by atoms with E-state index in [1.54, 1.807) is 0 Å². The maximum Gasteiger partial charge on any atom is 0.0714 e. The molecule has 2 nitrogen and oxygen atoms in total. The lowest BCUT2D eigenvalue weighted by atomic mass is 10.0. The maximum absolute atomic E-state index is 5.70. The molecule has 0 radical (unpaired) electrons. The largest absolute Gasteiger partial charge is 0.377 e. The van der Waals surface area contributed by atoms with Crippen LogP contribution in [0.15, 0.2) is 0 Å². The minimum atomic E-state index is 0.476. The Balaban J connectivity index is 2.12. The first-order valence-corrected chi connectivity index (χ1v) is 5.57. The Hall–Kier alpha value is -0.0800. The quantitative estimate of drug-likeness (QED) is 0.709. The van der Waals surface area contributed by atoms with E-state index in [9.17, 15) is 0 Å². The Morgan fingerprint density at radius 2 is 2.23 bits per heavy atom. The first-order valence-electron chi connectivity index (χ1n) is 5.57. The molecule has 78 valence electrons. The third kappa shape index (κ3) is 4.10. The lowest BCUT2D eigenvalue weighted by molar-refractivity contribution is 0.0655. The van der Waals surface area contributed by atoms with Crippen LogP contribution in [-0.2, 0) is 4.74 Å². The molecule has 0 amide bonds. The highest BCUT2D eigenvalue weighted by Gasteiger charge is 2.24. The fourth-order valence-corrected chi connectivity index (χ4v) is 1.94. The summed E-state index contributed by atoms with van der Waals surface area (Å²) in [4.78, 5) is 0. The fourth-order valence-electron chi connectivity index (χ4n) is 1.94. The second kappa shape index (κ2) is 5.61. The standard InChI is InChI=1S/C11H23NO/c1-4-5-13-11-7-10(12-8-11)6-9(2)3/h9-12H,4-8H2,1-3H3. The summed E-state index contributed by atoms with van der Waals surface area (Å²) in [6.45, 7) is 8.69. The number of nitrogens with one attached hydrogen (secondary N) is 1. The first kappa shape index (κ1) is 11.0. The Morgan fingerprint density at radius 3 is 2.85 bits per heavy atom. The summed E-state index contributed by atoms with van der Waals surface area (Å²) in [6, 6.07) is 0.696. The fraction of sp³-hybridized carbons (Fsp3) is 1.00. The number of rotatable bonds is 5. The summed E-state index contributed by atoms with van der Waals surface area (Å²) >= 11 is 0. The van der Waals surface area contributed by atoms with E-state index in [4.69, 9.17) is 4.74 Å². The molecule has 1 fully saturated rings. The van der Waals surface area contributed by atoms with Crippen molar-refractivity contribution < 1.29 is 4.74 Å². The normalized spacial score (nSPS) is 28.6. The van der Waals surface area contributed by atoms with Crippen LogP contribution in [0.25, 0.3) is 0 Å². The van der Waals surface area contributed by atoms with Crippen molar-refractivity contribution in [2.75, 3.05) is 13.2 Å². The molecule has 1 aliphatic heterocycles. The average Bonchev–Trinajstić information content (AvgIpc) is 2.48. The predicted octanol–water partition coefficient (Wildman–Crippen LogP) is 2.19. The highest BCUT2D eigenvalue weighted by atomic mass is 16.5. The zero-order valence-corrected chi connectivity index (χ0v) is 9.18. The predicted molar refractivity (Wildman–Crippen MR) is 55.9 cm³/mol. The second-order valence-electron chi connectivity index (χ2n) is 4.46. The molecule has 1 aliphatic rings. The Kier molecular flexibility index (Phi) is 4.74. The zero-order chi connectivity index (χ0) is 9.68. The third-order valence-corrected chi connectivity index (χ3v) is 2.50. The van der Waals surface area contributed by atoms with E-state index < -0.39 is 0 Å². The van der Waals surface area contributed by atoms with Gasteiger partial charge >= 0.3 is 0 Å². The van der Waals surface area contributed by atoms with Gasteiger partial charge in [0.05, 0.1) is 6.10 Å². The molecule has 2 atom stereocenters. The minimum Gasteiger partial charge on any atom is -0.377 e. The summed E-state index contributed by atoms with van der Waals surface area (Å²) in [5.41, 5.74) is 0. The molecular formula is C11H23NO. The molecule has 2 unspecified atom stereocenters. The van der Waals surface area contributed by atoms with Gasteiger partial charge in [-0.1, -0.05) is 20.8 Å². The van der Waals surface area contributed by atoms with Crippen molar-refractivity contribution in [2.45, 2.75) is 52.2 Å². The van der Waals surface area contributed by atoms with Gasteiger partial charge in [-0.2, -0.15) is 0 Å². The van der Waals surface area contributed by atoms with Crippen LogP contribution in [-0.4, -0.2) is 25.3 Å². The van der Waals surface area contributed by atoms with Crippen LogP contribution in [0.3, 0.4) is 0 Å². The average molecular weight is 185 g/mol. The van der Waals surface area contributed by atoms with Gasteiger partial charge in [0.1, 0.15) is 0 Å². The monoisotopic (exact) mass is 185 g/mol. The minimum absolute atomic E-state index is 0.476. The molecule has 0 aliphatic carbocycles. The highest BCUT2D eigenvalue weighted by Crippen LogP contribution is 2.17. The maximum atomic E-state index is 5.70. The van der Waals surface area contributed by atoms with Crippen LogP contribution < -0.4 is 5.32 Å². The van der Waals surface area contributed by atoms with Crippen LogP contribution >= 0.6 is 0 Å². The SMILES string of the molecule is CCCOC1CNC(CC(C)C)C1. The molecule has 0 saturated carbocycles. The molecule has 1 saturated heterocycles. The Bertz CT molecular complexity index is 136. The van der Waals surface area contributed by atoms with Gasteiger partial charge in [0.25, 0.3) is 0 Å². The summed E-state index contributed by atoms with van der Waals surface area (Å²) in [6.07, 6.45) is 4.10. The van der Waals surface area contributed by atoms with E-state index in [2.05, 4.69) is 26.1 Å². The third-order valence-electron chi connectivity index (χ3n) is 2.50. The van der Waals surface area contributed by atoms with Gasteiger partial charge in [-0.3, -0.25) is 0 Å². The molecule has 1 N–H and O–H groups in total. The van der Waals surface area contributed by atoms with Gasteiger partial charge in [0, 0.05) is 19.2 Å². The highest BCUT2D eigenvalue weighted by molar-refractivity contribution is 4.82.